The molecule has 3 heterocycles. The Bertz CT molecular complexity index is 2060. The normalized spacial score (nSPS) is 24.9. The summed E-state index contributed by atoms with van der Waals surface area (Å²) in [6.07, 6.45) is 64.9. The SMILES string of the molecule is CCCCCCCCCC/C=C\CCCCCCCCCCCCCCCCCCCCCCCCCC(=O)NC(COC1OC(CO)C(OC2OC(CO)C(OC3OC(CO)C(O)C(O)C3O)C(O)C2O)C(O)C1O)C(O)CCCCCCCCCCCCCCCCCCCCCCCCCCCCCCCCCC. The van der Waals surface area contributed by atoms with Crippen LogP contribution in [-0.2, 0) is 33.2 Å². The van der Waals surface area contributed by atoms with Crippen LogP contribution in [0.25, 0.3) is 0 Å². The van der Waals surface area contributed by atoms with Crippen LogP contribution in [0.2, 0.25) is 0 Å². The Morgan fingerprint density at radius 3 is 0.866 bits per heavy atom. The summed E-state index contributed by atoms with van der Waals surface area (Å²) >= 11 is 0. The minimum absolute atomic E-state index is 0.231. The van der Waals surface area contributed by atoms with E-state index in [1.54, 1.807) is 0 Å². The number of unbranched alkanes of at least 4 members (excludes halogenated alkanes) is 62. The van der Waals surface area contributed by atoms with E-state index in [4.69, 9.17) is 28.4 Å². The first kappa shape index (κ1) is 105. The number of amides is 1. The predicted octanol–water partition coefficient (Wildman–Crippen LogP) is 19.0. The van der Waals surface area contributed by atoms with Crippen LogP contribution in [0, 0.1) is 0 Å². The maximum atomic E-state index is 13.6. The fourth-order valence-electron chi connectivity index (χ4n) is 16.7. The van der Waals surface area contributed by atoms with E-state index < -0.39 is 124 Å². The second-order valence-corrected chi connectivity index (χ2v) is 34.5. The molecule has 3 fully saturated rings. The van der Waals surface area contributed by atoms with E-state index in [1.807, 2.05) is 0 Å². The third-order valence-corrected chi connectivity index (χ3v) is 24.3. The van der Waals surface area contributed by atoms with Gasteiger partial charge >= 0.3 is 0 Å². The molecule has 19 heteroatoms. The minimum Gasteiger partial charge on any atom is -0.394 e. The molecule has 0 radical (unpaired) electrons. The molecular formula is C93H179NO18. The molecule has 3 saturated heterocycles. The zero-order valence-corrected chi connectivity index (χ0v) is 72.0. The van der Waals surface area contributed by atoms with Gasteiger partial charge in [0.05, 0.1) is 38.6 Å². The van der Waals surface area contributed by atoms with Gasteiger partial charge < -0.3 is 89.9 Å². The molecule has 3 aliphatic heterocycles. The zero-order chi connectivity index (χ0) is 81.0. The summed E-state index contributed by atoms with van der Waals surface area (Å²) in [6.45, 7) is 1.89. The molecule has 664 valence electrons. The summed E-state index contributed by atoms with van der Waals surface area (Å²) in [7, 11) is 0. The van der Waals surface area contributed by atoms with E-state index in [0.717, 1.165) is 44.9 Å². The molecule has 0 bridgehead atoms. The number of ether oxygens (including phenoxy) is 6. The monoisotopic (exact) mass is 1600 g/mol. The topological polar surface area (TPSA) is 307 Å². The van der Waals surface area contributed by atoms with E-state index >= 15 is 0 Å². The zero-order valence-electron chi connectivity index (χ0n) is 72.0. The maximum Gasteiger partial charge on any atom is 0.220 e. The first-order valence-electron chi connectivity index (χ1n) is 47.9. The largest absolute Gasteiger partial charge is 0.394 e. The molecule has 3 aliphatic rings. The van der Waals surface area contributed by atoms with Gasteiger partial charge in [0.15, 0.2) is 18.9 Å². The summed E-state index contributed by atoms with van der Waals surface area (Å²) in [6, 6.07) is -0.886. The van der Waals surface area contributed by atoms with Crippen LogP contribution in [0.5, 0.6) is 0 Å². The van der Waals surface area contributed by atoms with Crippen LogP contribution in [0.15, 0.2) is 12.2 Å². The van der Waals surface area contributed by atoms with E-state index in [1.165, 1.54) is 366 Å². The number of aliphatic hydroxyl groups is 11. The summed E-state index contributed by atoms with van der Waals surface area (Å²) in [5.74, 6) is -0.231. The number of rotatable bonds is 80. The third kappa shape index (κ3) is 51.2. The lowest BCUT2D eigenvalue weighted by atomic mass is 9.96. The molecule has 19 nitrogen and oxygen atoms in total. The number of allylic oxidation sites excluding steroid dienone is 2. The summed E-state index contributed by atoms with van der Waals surface area (Å²) in [4.78, 5) is 13.6. The number of hydrogen-bond donors (Lipinski definition) is 12. The van der Waals surface area contributed by atoms with Crippen molar-refractivity contribution in [3.05, 3.63) is 12.2 Å². The van der Waals surface area contributed by atoms with Crippen LogP contribution in [0.4, 0.5) is 0 Å². The summed E-state index contributed by atoms with van der Waals surface area (Å²) in [5, 5.41) is 121. The Morgan fingerprint density at radius 2 is 0.562 bits per heavy atom. The lowest BCUT2D eigenvalue weighted by Crippen LogP contribution is -2.66. The number of nitrogens with one attached hydrogen (secondary N) is 1. The molecule has 0 spiro atoms. The Morgan fingerprint density at radius 1 is 0.312 bits per heavy atom. The first-order valence-corrected chi connectivity index (χ1v) is 47.9. The van der Waals surface area contributed by atoms with Crippen molar-refractivity contribution in [1.29, 1.82) is 0 Å². The van der Waals surface area contributed by atoms with Gasteiger partial charge in [0.2, 0.25) is 5.91 Å². The highest BCUT2D eigenvalue weighted by molar-refractivity contribution is 5.76. The van der Waals surface area contributed by atoms with Crippen molar-refractivity contribution in [2.24, 2.45) is 0 Å². The van der Waals surface area contributed by atoms with Gasteiger partial charge in [-0.3, -0.25) is 4.79 Å². The van der Waals surface area contributed by atoms with Crippen LogP contribution in [0.1, 0.15) is 444 Å². The summed E-state index contributed by atoms with van der Waals surface area (Å²) in [5.41, 5.74) is 0. The molecule has 0 aromatic heterocycles. The molecule has 112 heavy (non-hydrogen) atoms. The molecule has 0 saturated carbocycles. The van der Waals surface area contributed by atoms with Crippen molar-refractivity contribution < 1.29 is 89.4 Å². The summed E-state index contributed by atoms with van der Waals surface area (Å²) < 4.78 is 34.6. The average molecular weight is 1600 g/mol. The van der Waals surface area contributed by atoms with Crippen molar-refractivity contribution in [3.8, 4) is 0 Å². The Kier molecular flexibility index (Phi) is 68.7. The highest BCUT2D eigenvalue weighted by atomic mass is 16.8. The van der Waals surface area contributed by atoms with Crippen LogP contribution in [-0.4, -0.2) is 193 Å². The average Bonchev–Trinajstić information content (AvgIpc) is 0.782. The van der Waals surface area contributed by atoms with Crippen molar-refractivity contribution in [2.45, 2.75) is 548 Å². The minimum atomic E-state index is -1.97. The number of hydrogen-bond acceptors (Lipinski definition) is 18. The van der Waals surface area contributed by atoms with Crippen molar-refractivity contribution >= 4 is 5.91 Å². The highest BCUT2D eigenvalue weighted by Gasteiger charge is 2.54. The second kappa shape index (κ2) is 73.5. The van der Waals surface area contributed by atoms with Crippen LogP contribution >= 0.6 is 0 Å². The van der Waals surface area contributed by atoms with Gasteiger partial charge in [0.25, 0.3) is 0 Å². The molecule has 0 aromatic carbocycles. The first-order chi connectivity index (χ1) is 54.8. The molecule has 0 aliphatic carbocycles. The lowest BCUT2D eigenvalue weighted by Gasteiger charge is -2.48. The van der Waals surface area contributed by atoms with Gasteiger partial charge in [-0.05, 0) is 38.5 Å². The number of carbonyl (C=O) groups excluding carboxylic acids is 1. The van der Waals surface area contributed by atoms with E-state index in [-0.39, 0.29) is 18.9 Å². The fraction of sp³-hybridized carbons (Fsp3) is 0.968. The Balaban J connectivity index is 1.29. The van der Waals surface area contributed by atoms with E-state index in [2.05, 4.69) is 31.3 Å². The van der Waals surface area contributed by atoms with Gasteiger partial charge in [-0.15, -0.1) is 0 Å². The van der Waals surface area contributed by atoms with Gasteiger partial charge in [0.1, 0.15) is 73.2 Å². The molecular weight excluding hydrogens is 1420 g/mol. The van der Waals surface area contributed by atoms with Gasteiger partial charge in [-0.2, -0.15) is 0 Å². The van der Waals surface area contributed by atoms with Crippen molar-refractivity contribution in [3.63, 3.8) is 0 Å². The van der Waals surface area contributed by atoms with Crippen LogP contribution < -0.4 is 5.32 Å². The Hall–Kier alpha value is -1.47. The molecule has 0 aromatic rings. The predicted molar refractivity (Wildman–Crippen MR) is 453 cm³/mol. The molecule has 17 unspecified atom stereocenters. The quantitative estimate of drug-likeness (QED) is 0.0199. The maximum absolute atomic E-state index is 13.6. The van der Waals surface area contributed by atoms with Crippen molar-refractivity contribution in [2.75, 3.05) is 26.4 Å². The molecule has 12 N–H and O–H groups in total. The number of carbonyl (C=O) groups is 1. The highest BCUT2D eigenvalue weighted by Crippen LogP contribution is 2.34. The smallest absolute Gasteiger partial charge is 0.220 e. The molecule has 17 atom stereocenters. The van der Waals surface area contributed by atoms with Gasteiger partial charge in [-0.1, -0.05) is 411 Å². The van der Waals surface area contributed by atoms with E-state index in [9.17, 15) is 61.0 Å². The molecule has 1 amide bonds. The van der Waals surface area contributed by atoms with Crippen molar-refractivity contribution in [1.82, 2.24) is 5.32 Å². The van der Waals surface area contributed by atoms with Gasteiger partial charge in [-0.25, -0.2) is 0 Å². The van der Waals surface area contributed by atoms with E-state index in [0.29, 0.717) is 12.8 Å². The second-order valence-electron chi connectivity index (χ2n) is 34.5. The number of aliphatic hydroxyl groups excluding tert-OH is 11. The lowest BCUT2D eigenvalue weighted by molar-refractivity contribution is -0.379. The third-order valence-electron chi connectivity index (χ3n) is 24.3. The standard InChI is InChI=1S/C93H179NO18/c1-3-5-7-9-11-13-15-17-19-21-23-25-27-29-31-33-35-37-38-39-41-43-45-47-49-51-53-55-57-59-61-63-65-67-69-71-81(99)94-76(77(98)70-68-66-64-62-60-58-56-54-52-50-48-46-44-42-40-36-34-32-30-28-26-24-22-20-18-16-14-12-10-8-6-4-2)75-107-91-87(105)84(102)89(79(73-96)109-91)112-93-88(106)85(103)90(80(74-97)110-93)111-92-86(104)83(101)82(100)78(72-95)108-92/h21,23,76-80,82-93,95-98,100-106H,3-20,22,24-75H2,1-2H3,(H,94,99)/b23-21-. The van der Waals surface area contributed by atoms with Crippen LogP contribution in [0.3, 0.4) is 0 Å². The Labute approximate surface area is 684 Å². The fourth-order valence-corrected chi connectivity index (χ4v) is 16.7. The molecule has 3 rings (SSSR count). The van der Waals surface area contributed by atoms with Gasteiger partial charge in [0, 0.05) is 6.42 Å².